The second-order valence-corrected chi connectivity index (χ2v) is 7.10. The Balaban J connectivity index is 1.74. The Bertz CT molecular complexity index is 690. The van der Waals surface area contributed by atoms with Gasteiger partial charge in [-0.25, -0.2) is 0 Å². The molecule has 3 heteroatoms. The molecule has 2 aromatic carbocycles. The van der Waals surface area contributed by atoms with E-state index < -0.39 is 0 Å². The van der Waals surface area contributed by atoms with Gasteiger partial charge in [-0.15, -0.1) is 0 Å². The van der Waals surface area contributed by atoms with Crippen LogP contribution in [-0.2, 0) is 4.79 Å². The number of nitrogens with one attached hydrogen (secondary N) is 1. The van der Waals surface area contributed by atoms with Gasteiger partial charge in [0.25, 0.3) is 0 Å². The fourth-order valence-electron chi connectivity index (χ4n) is 3.76. The number of aryl methyl sites for hydroxylation is 1. The summed E-state index contributed by atoms with van der Waals surface area (Å²) >= 11 is 0. The van der Waals surface area contributed by atoms with Gasteiger partial charge in [-0.3, -0.25) is 4.79 Å². The van der Waals surface area contributed by atoms with Gasteiger partial charge < -0.3 is 10.4 Å². The van der Waals surface area contributed by atoms with E-state index in [0.29, 0.717) is 6.42 Å². The van der Waals surface area contributed by atoms with Crippen LogP contribution in [0.1, 0.15) is 54.7 Å². The zero-order valence-corrected chi connectivity index (χ0v) is 14.8. The number of amides is 1. The molecule has 132 valence electrons. The van der Waals surface area contributed by atoms with Crippen LogP contribution in [0.5, 0.6) is 0 Å². The molecule has 1 aliphatic rings. The van der Waals surface area contributed by atoms with Gasteiger partial charge in [0.15, 0.2) is 0 Å². The lowest BCUT2D eigenvalue weighted by Crippen LogP contribution is -2.39. The second kappa shape index (κ2) is 8.30. The Morgan fingerprint density at radius 2 is 1.68 bits per heavy atom. The van der Waals surface area contributed by atoms with Crippen molar-refractivity contribution in [2.75, 3.05) is 0 Å². The normalized spacial score (nSPS) is 21.5. The molecule has 25 heavy (non-hydrogen) atoms. The third kappa shape index (κ3) is 4.70. The summed E-state index contributed by atoms with van der Waals surface area (Å²) in [6, 6.07) is 18.8. The van der Waals surface area contributed by atoms with Crippen LogP contribution >= 0.6 is 0 Å². The standard InChI is InChI=1S/C22H27NO2/c1-16-7-5-6-10-20(16)21(17-8-3-2-4-9-17)15-22(25)23-18-11-13-19(24)14-12-18/h2-10,18-19,21,24H,11-15H2,1H3,(H,23,25)/t18?,19?,21-/m0/s1. The summed E-state index contributed by atoms with van der Waals surface area (Å²) in [4.78, 5) is 12.7. The SMILES string of the molecule is Cc1ccccc1[C@@H](CC(=O)NC1CCC(O)CC1)c1ccccc1. The highest BCUT2D eigenvalue weighted by Crippen LogP contribution is 2.30. The molecule has 0 heterocycles. The minimum Gasteiger partial charge on any atom is -0.393 e. The lowest BCUT2D eigenvalue weighted by atomic mass is 9.85. The summed E-state index contributed by atoms with van der Waals surface area (Å²) < 4.78 is 0. The number of hydrogen-bond donors (Lipinski definition) is 2. The molecule has 2 N–H and O–H groups in total. The first-order valence-corrected chi connectivity index (χ1v) is 9.21. The van der Waals surface area contributed by atoms with E-state index in [2.05, 4.69) is 36.5 Å². The minimum absolute atomic E-state index is 0.0663. The van der Waals surface area contributed by atoms with Crippen molar-refractivity contribution in [3.05, 3.63) is 71.3 Å². The van der Waals surface area contributed by atoms with Crippen LogP contribution in [0.25, 0.3) is 0 Å². The van der Waals surface area contributed by atoms with E-state index >= 15 is 0 Å². The third-order valence-electron chi connectivity index (χ3n) is 5.22. The van der Waals surface area contributed by atoms with Crippen LogP contribution < -0.4 is 5.32 Å². The molecule has 1 fully saturated rings. The van der Waals surface area contributed by atoms with Crippen molar-refractivity contribution >= 4 is 5.91 Å². The zero-order chi connectivity index (χ0) is 17.6. The number of rotatable bonds is 5. The first-order valence-electron chi connectivity index (χ1n) is 9.21. The topological polar surface area (TPSA) is 49.3 Å². The van der Waals surface area contributed by atoms with Crippen molar-refractivity contribution < 1.29 is 9.90 Å². The van der Waals surface area contributed by atoms with Crippen molar-refractivity contribution in [3.8, 4) is 0 Å². The van der Waals surface area contributed by atoms with Gasteiger partial charge in [0.05, 0.1) is 6.10 Å². The first kappa shape index (κ1) is 17.7. The largest absolute Gasteiger partial charge is 0.393 e. The van der Waals surface area contributed by atoms with E-state index in [1.807, 2.05) is 30.3 Å². The van der Waals surface area contributed by atoms with Gasteiger partial charge in [0.2, 0.25) is 5.91 Å². The summed E-state index contributed by atoms with van der Waals surface area (Å²) in [5.74, 6) is 0.162. The summed E-state index contributed by atoms with van der Waals surface area (Å²) in [5, 5.41) is 12.8. The van der Waals surface area contributed by atoms with Crippen LogP contribution in [0.2, 0.25) is 0 Å². The maximum atomic E-state index is 12.7. The molecule has 1 amide bonds. The van der Waals surface area contributed by atoms with Crippen LogP contribution in [-0.4, -0.2) is 23.2 Å². The number of carbonyl (C=O) groups is 1. The number of carbonyl (C=O) groups excluding carboxylic acids is 1. The van der Waals surface area contributed by atoms with E-state index in [4.69, 9.17) is 0 Å². The molecule has 0 saturated heterocycles. The monoisotopic (exact) mass is 337 g/mol. The van der Waals surface area contributed by atoms with Crippen molar-refractivity contribution in [3.63, 3.8) is 0 Å². The third-order valence-corrected chi connectivity index (χ3v) is 5.22. The maximum absolute atomic E-state index is 12.7. The average molecular weight is 337 g/mol. The van der Waals surface area contributed by atoms with Gasteiger partial charge in [0, 0.05) is 18.4 Å². The number of hydrogen-bond acceptors (Lipinski definition) is 2. The molecule has 2 aromatic rings. The predicted octanol–water partition coefficient (Wildman–Crippen LogP) is 3.94. The van der Waals surface area contributed by atoms with Crippen LogP contribution in [0, 0.1) is 6.92 Å². The lowest BCUT2D eigenvalue weighted by molar-refractivity contribution is -0.122. The van der Waals surface area contributed by atoms with Crippen molar-refractivity contribution in [1.29, 1.82) is 0 Å². The fourth-order valence-corrected chi connectivity index (χ4v) is 3.76. The Hall–Kier alpha value is -2.13. The van der Waals surface area contributed by atoms with E-state index in [-0.39, 0.29) is 24.0 Å². The molecule has 0 bridgehead atoms. The Morgan fingerprint density at radius 3 is 2.36 bits per heavy atom. The van der Waals surface area contributed by atoms with Crippen molar-refractivity contribution in [2.45, 2.75) is 57.1 Å². The molecule has 1 saturated carbocycles. The van der Waals surface area contributed by atoms with Gasteiger partial charge in [-0.2, -0.15) is 0 Å². The van der Waals surface area contributed by atoms with E-state index in [0.717, 1.165) is 25.7 Å². The Morgan fingerprint density at radius 1 is 1.04 bits per heavy atom. The molecule has 0 radical (unpaired) electrons. The number of benzene rings is 2. The van der Waals surface area contributed by atoms with E-state index in [1.165, 1.54) is 16.7 Å². The van der Waals surface area contributed by atoms with Crippen LogP contribution in [0.15, 0.2) is 54.6 Å². The smallest absolute Gasteiger partial charge is 0.221 e. The van der Waals surface area contributed by atoms with Crippen molar-refractivity contribution in [1.82, 2.24) is 5.32 Å². The van der Waals surface area contributed by atoms with Gasteiger partial charge in [0.1, 0.15) is 0 Å². The summed E-state index contributed by atoms with van der Waals surface area (Å²) in [6.45, 7) is 2.10. The molecular weight excluding hydrogens is 310 g/mol. The molecule has 1 aliphatic carbocycles. The van der Waals surface area contributed by atoms with Crippen molar-refractivity contribution in [2.24, 2.45) is 0 Å². The minimum atomic E-state index is -0.197. The predicted molar refractivity (Wildman–Crippen MR) is 100 cm³/mol. The molecule has 0 aromatic heterocycles. The number of aliphatic hydroxyl groups excluding tert-OH is 1. The second-order valence-electron chi connectivity index (χ2n) is 7.10. The van der Waals surface area contributed by atoms with Gasteiger partial charge >= 0.3 is 0 Å². The summed E-state index contributed by atoms with van der Waals surface area (Å²) in [6.07, 6.45) is 3.56. The van der Waals surface area contributed by atoms with Crippen LogP contribution in [0.3, 0.4) is 0 Å². The first-order chi connectivity index (χ1) is 12.1. The van der Waals surface area contributed by atoms with E-state index in [1.54, 1.807) is 0 Å². The molecular formula is C22H27NO2. The quantitative estimate of drug-likeness (QED) is 0.868. The Kier molecular flexibility index (Phi) is 5.87. The van der Waals surface area contributed by atoms with Gasteiger partial charge in [-0.1, -0.05) is 54.6 Å². The van der Waals surface area contributed by atoms with Crippen LogP contribution in [0.4, 0.5) is 0 Å². The molecule has 1 atom stereocenters. The molecule has 3 nitrogen and oxygen atoms in total. The highest BCUT2D eigenvalue weighted by molar-refractivity contribution is 5.78. The molecule has 0 aliphatic heterocycles. The summed E-state index contributed by atoms with van der Waals surface area (Å²) in [5.41, 5.74) is 3.60. The maximum Gasteiger partial charge on any atom is 0.221 e. The number of aliphatic hydroxyl groups is 1. The Labute approximate surface area is 150 Å². The molecule has 3 rings (SSSR count). The highest BCUT2D eigenvalue weighted by Gasteiger charge is 2.24. The van der Waals surface area contributed by atoms with E-state index in [9.17, 15) is 9.90 Å². The fraction of sp³-hybridized carbons (Fsp3) is 0.409. The molecule has 0 unspecified atom stereocenters. The highest BCUT2D eigenvalue weighted by atomic mass is 16.3. The van der Waals surface area contributed by atoms with Gasteiger partial charge in [-0.05, 0) is 49.3 Å². The average Bonchev–Trinajstić information content (AvgIpc) is 2.63. The molecule has 0 spiro atoms. The zero-order valence-electron chi connectivity index (χ0n) is 14.8. The summed E-state index contributed by atoms with van der Waals surface area (Å²) in [7, 11) is 0. The lowest BCUT2D eigenvalue weighted by Gasteiger charge is -2.27.